The van der Waals surface area contributed by atoms with E-state index in [1.165, 1.54) is 16.5 Å². The Labute approximate surface area is 183 Å². The van der Waals surface area contributed by atoms with Crippen LogP contribution >= 0.6 is 11.6 Å². The fraction of sp³-hybridized carbons (Fsp3) is 0.400. The molecule has 0 unspecified atom stereocenters. The average Bonchev–Trinajstić information content (AvgIpc) is 3.14. The number of aromatic amines is 1. The molecule has 4 rings (SSSR count). The minimum Gasteiger partial charge on any atom is -0.361 e. The molecule has 0 bridgehead atoms. The second kappa shape index (κ2) is 8.83. The number of rotatable bonds is 5. The molecule has 4 nitrogen and oxygen atoms in total. The summed E-state index contributed by atoms with van der Waals surface area (Å²) in [4.78, 5) is 20.0. The minimum absolute atomic E-state index is 0.00225. The minimum atomic E-state index is 0.00225. The van der Waals surface area contributed by atoms with E-state index in [1.54, 1.807) is 4.90 Å². The van der Waals surface area contributed by atoms with E-state index >= 15 is 0 Å². The summed E-state index contributed by atoms with van der Waals surface area (Å²) in [6.45, 7) is 7.01. The van der Waals surface area contributed by atoms with Crippen LogP contribution in [0.5, 0.6) is 0 Å². The predicted molar refractivity (Wildman–Crippen MR) is 125 cm³/mol. The van der Waals surface area contributed by atoms with Crippen molar-refractivity contribution in [2.45, 2.75) is 39.2 Å². The van der Waals surface area contributed by atoms with Crippen LogP contribution in [0.4, 0.5) is 5.69 Å². The Bertz CT molecular complexity index is 1030. The van der Waals surface area contributed by atoms with Crippen molar-refractivity contribution < 1.29 is 4.79 Å². The van der Waals surface area contributed by atoms with Crippen molar-refractivity contribution in [1.82, 2.24) is 9.88 Å². The highest BCUT2D eigenvalue weighted by atomic mass is 35.5. The van der Waals surface area contributed by atoms with Gasteiger partial charge in [0.1, 0.15) is 0 Å². The van der Waals surface area contributed by atoms with Crippen molar-refractivity contribution in [3.05, 3.63) is 64.8 Å². The lowest BCUT2D eigenvalue weighted by Crippen LogP contribution is -2.32. The molecule has 1 fully saturated rings. The molecule has 1 aromatic heterocycles. The Morgan fingerprint density at radius 2 is 1.97 bits per heavy atom. The average molecular weight is 424 g/mol. The zero-order chi connectivity index (χ0) is 21.3. The molecule has 1 N–H and O–H groups in total. The summed E-state index contributed by atoms with van der Waals surface area (Å²) in [5.41, 5.74) is 4.77. The molecular weight excluding hydrogens is 394 g/mol. The van der Waals surface area contributed by atoms with Crippen LogP contribution < -0.4 is 4.90 Å². The van der Waals surface area contributed by atoms with Crippen LogP contribution in [0.25, 0.3) is 10.9 Å². The topological polar surface area (TPSA) is 39.3 Å². The van der Waals surface area contributed by atoms with E-state index in [2.05, 4.69) is 40.3 Å². The molecule has 0 radical (unpaired) electrons. The number of hydrogen-bond acceptors (Lipinski definition) is 2. The van der Waals surface area contributed by atoms with Gasteiger partial charge in [-0.05, 0) is 67.2 Å². The highest BCUT2D eigenvalue weighted by molar-refractivity contribution is 6.31. The summed E-state index contributed by atoms with van der Waals surface area (Å²) in [6.07, 6.45) is 4.39. The number of benzene rings is 2. The first-order valence-electron chi connectivity index (χ1n) is 10.8. The van der Waals surface area contributed by atoms with Crippen LogP contribution in [0.15, 0.2) is 48.7 Å². The molecule has 0 spiro atoms. The fourth-order valence-corrected chi connectivity index (χ4v) is 4.63. The molecule has 158 valence electrons. The van der Waals surface area contributed by atoms with E-state index in [0.717, 1.165) is 48.7 Å². The highest BCUT2D eigenvalue weighted by Gasteiger charge is 2.22. The van der Waals surface area contributed by atoms with Crippen LogP contribution in [0.1, 0.15) is 43.7 Å². The number of piperidine rings is 1. The third-order valence-electron chi connectivity index (χ3n) is 6.26. The molecule has 5 heteroatoms. The number of carbonyl (C=O) groups is 1. The van der Waals surface area contributed by atoms with Gasteiger partial charge in [-0.2, -0.15) is 0 Å². The van der Waals surface area contributed by atoms with Gasteiger partial charge in [0, 0.05) is 47.3 Å². The van der Waals surface area contributed by atoms with Gasteiger partial charge in [-0.3, -0.25) is 9.69 Å². The molecule has 2 aromatic carbocycles. The van der Waals surface area contributed by atoms with E-state index in [9.17, 15) is 4.79 Å². The first-order valence-corrected chi connectivity index (χ1v) is 11.2. The Morgan fingerprint density at radius 3 is 2.70 bits per heavy atom. The number of nitrogens with zero attached hydrogens (tertiary/aromatic N) is 2. The van der Waals surface area contributed by atoms with Gasteiger partial charge in [0.2, 0.25) is 5.91 Å². The Morgan fingerprint density at radius 1 is 1.20 bits per heavy atom. The number of carbonyl (C=O) groups excluding carboxylic acids is 1. The summed E-state index contributed by atoms with van der Waals surface area (Å²) in [5.74, 6) is 0.704. The normalized spacial score (nSPS) is 15.8. The van der Waals surface area contributed by atoms with Gasteiger partial charge in [0.25, 0.3) is 0 Å². The number of halogens is 1. The molecule has 0 saturated carbocycles. The predicted octanol–water partition coefficient (Wildman–Crippen LogP) is 5.82. The lowest BCUT2D eigenvalue weighted by molar-refractivity contribution is -0.121. The molecule has 1 aliphatic rings. The van der Waals surface area contributed by atoms with Crippen LogP contribution in [0, 0.1) is 5.92 Å². The monoisotopic (exact) mass is 423 g/mol. The summed E-state index contributed by atoms with van der Waals surface area (Å²) in [5, 5.41) is 2.02. The Kier molecular flexibility index (Phi) is 6.16. The number of aromatic nitrogens is 1. The number of fused-ring (bicyclic) bond motifs is 1. The zero-order valence-electron chi connectivity index (χ0n) is 18.0. The maximum atomic E-state index is 12.3. The van der Waals surface area contributed by atoms with E-state index in [0.29, 0.717) is 5.92 Å². The maximum Gasteiger partial charge on any atom is 0.229 e. The third kappa shape index (κ3) is 4.40. The van der Waals surface area contributed by atoms with Gasteiger partial charge < -0.3 is 9.88 Å². The van der Waals surface area contributed by atoms with Gasteiger partial charge in [-0.15, -0.1) is 0 Å². The summed E-state index contributed by atoms with van der Waals surface area (Å²) in [6, 6.07) is 14.6. The molecular formula is C25H30ClN3O. The van der Waals surface area contributed by atoms with Crippen molar-refractivity contribution in [1.29, 1.82) is 0 Å². The van der Waals surface area contributed by atoms with Crippen molar-refractivity contribution >= 4 is 34.1 Å². The SMILES string of the molecule is CC(C)C(=O)N(C)c1cccc(C2CCN(Cc3c[nH]c4cc(Cl)ccc34)CC2)c1. The Balaban J connectivity index is 1.40. The number of hydrogen-bond donors (Lipinski definition) is 1. The fourth-order valence-electron chi connectivity index (χ4n) is 4.46. The molecule has 0 atom stereocenters. The number of likely N-dealkylation sites (tertiary alicyclic amines) is 1. The number of anilines is 1. The molecule has 1 aliphatic heterocycles. The smallest absolute Gasteiger partial charge is 0.229 e. The van der Waals surface area contributed by atoms with Gasteiger partial charge in [0.15, 0.2) is 0 Å². The van der Waals surface area contributed by atoms with Crippen molar-refractivity contribution in [3.8, 4) is 0 Å². The quantitative estimate of drug-likeness (QED) is 0.561. The standard InChI is InChI=1S/C25H30ClN3O/c1-17(2)25(30)28(3)22-6-4-5-19(13-22)18-9-11-29(12-10-18)16-20-15-27-24-14-21(26)7-8-23(20)24/h4-8,13-15,17-18,27H,9-12,16H2,1-3H3. The summed E-state index contributed by atoms with van der Waals surface area (Å²) >= 11 is 6.11. The Hall–Kier alpha value is -2.30. The van der Waals surface area contributed by atoms with Crippen LogP contribution in [-0.4, -0.2) is 35.9 Å². The van der Waals surface area contributed by atoms with E-state index in [-0.39, 0.29) is 11.8 Å². The van der Waals surface area contributed by atoms with Gasteiger partial charge >= 0.3 is 0 Å². The number of amides is 1. The van der Waals surface area contributed by atoms with Gasteiger partial charge in [-0.1, -0.05) is 43.6 Å². The first kappa shape index (κ1) is 21.0. The number of H-pyrrole nitrogens is 1. The highest BCUT2D eigenvalue weighted by Crippen LogP contribution is 2.32. The lowest BCUT2D eigenvalue weighted by atomic mass is 9.89. The third-order valence-corrected chi connectivity index (χ3v) is 6.50. The molecule has 1 saturated heterocycles. The van der Waals surface area contributed by atoms with Gasteiger partial charge in [0.05, 0.1) is 0 Å². The zero-order valence-corrected chi connectivity index (χ0v) is 18.7. The van der Waals surface area contributed by atoms with Crippen LogP contribution in [-0.2, 0) is 11.3 Å². The van der Waals surface area contributed by atoms with Crippen LogP contribution in [0.2, 0.25) is 5.02 Å². The van der Waals surface area contributed by atoms with E-state index in [1.807, 2.05) is 39.1 Å². The van der Waals surface area contributed by atoms with Crippen molar-refractivity contribution in [3.63, 3.8) is 0 Å². The van der Waals surface area contributed by atoms with Crippen molar-refractivity contribution in [2.24, 2.45) is 5.92 Å². The van der Waals surface area contributed by atoms with Gasteiger partial charge in [-0.25, -0.2) is 0 Å². The summed E-state index contributed by atoms with van der Waals surface area (Å²) in [7, 11) is 1.87. The number of nitrogens with one attached hydrogen (secondary N) is 1. The van der Waals surface area contributed by atoms with E-state index in [4.69, 9.17) is 11.6 Å². The maximum absolute atomic E-state index is 12.3. The summed E-state index contributed by atoms with van der Waals surface area (Å²) < 4.78 is 0. The lowest BCUT2D eigenvalue weighted by Gasteiger charge is -2.32. The van der Waals surface area contributed by atoms with E-state index < -0.39 is 0 Å². The second-order valence-electron chi connectivity index (χ2n) is 8.70. The molecule has 3 aromatic rings. The first-order chi connectivity index (χ1) is 14.4. The van der Waals surface area contributed by atoms with Crippen molar-refractivity contribution in [2.75, 3.05) is 25.0 Å². The second-order valence-corrected chi connectivity index (χ2v) is 9.14. The molecule has 30 heavy (non-hydrogen) atoms. The molecule has 2 heterocycles. The molecule has 0 aliphatic carbocycles. The largest absolute Gasteiger partial charge is 0.361 e. The molecule has 1 amide bonds. The van der Waals surface area contributed by atoms with Crippen LogP contribution in [0.3, 0.4) is 0 Å².